The van der Waals surface area contributed by atoms with Crippen LogP contribution in [0.5, 0.6) is 0 Å². The Labute approximate surface area is 159 Å². The molecule has 0 atom stereocenters. The molecule has 0 bridgehead atoms. The van der Waals surface area contributed by atoms with Gasteiger partial charge >= 0.3 is 13.6 Å². The molecule has 1 saturated heterocycles. The summed E-state index contributed by atoms with van der Waals surface area (Å²) in [4.78, 5) is 14.1. The fourth-order valence-corrected chi connectivity index (χ4v) is 3.38. The van der Waals surface area contributed by atoms with Crippen LogP contribution in [0.4, 0.5) is 4.79 Å². The molecule has 0 unspecified atom stereocenters. The van der Waals surface area contributed by atoms with E-state index in [-0.39, 0.29) is 11.5 Å². The maximum Gasteiger partial charge on any atom is 0.410 e. The lowest BCUT2D eigenvalue weighted by atomic mass is 9.63. The van der Waals surface area contributed by atoms with Crippen molar-refractivity contribution in [2.24, 2.45) is 5.41 Å². The molecule has 0 aromatic carbocycles. The Hall–Kier alpha value is -1.01. The molecule has 0 saturated carbocycles. The Bertz CT molecular complexity index is 549. The molecule has 1 radical (unpaired) electrons. The molecule has 1 aliphatic carbocycles. The van der Waals surface area contributed by atoms with Gasteiger partial charge in [-0.3, -0.25) is 0 Å². The van der Waals surface area contributed by atoms with E-state index in [9.17, 15) is 9.90 Å². The lowest BCUT2D eigenvalue weighted by Gasteiger charge is -2.43. The molecular formula is C20H35BNO4. The number of likely N-dealkylation sites (tertiary alicyclic amines) is 1. The number of aliphatic hydroxyl groups is 1. The summed E-state index contributed by atoms with van der Waals surface area (Å²) in [5.41, 5.74) is -0.785. The monoisotopic (exact) mass is 364 g/mol. The zero-order valence-corrected chi connectivity index (χ0v) is 17.5. The molecule has 1 spiro atoms. The highest BCUT2D eigenvalue weighted by Gasteiger charge is 2.43. The van der Waals surface area contributed by atoms with Crippen molar-refractivity contribution < 1.29 is 19.3 Å². The van der Waals surface area contributed by atoms with Gasteiger partial charge in [0.05, 0.1) is 11.2 Å². The van der Waals surface area contributed by atoms with Crippen molar-refractivity contribution >= 4 is 13.6 Å². The number of hydrogen-bond donors (Lipinski definition) is 1. The van der Waals surface area contributed by atoms with Crippen LogP contribution in [0.15, 0.2) is 11.5 Å². The molecule has 2 rings (SSSR count). The van der Waals surface area contributed by atoms with Crippen LogP contribution in [-0.2, 0) is 9.39 Å². The van der Waals surface area contributed by atoms with Gasteiger partial charge in [-0.05, 0) is 79.6 Å². The number of rotatable bonds is 4. The summed E-state index contributed by atoms with van der Waals surface area (Å²) in [6, 6.07) is 0. The van der Waals surface area contributed by atoms with Gasteiger partial charge in [-0.1, -0.05) is 11.5 Å². The second-order valence-corrected chi connectivity index (χ2v) is 9.75. The number of piperidine rings is 1. The fraction of sp³-hybridized carbons (Fsp3) is 0.850. The van der Waals surface area contributed by atoms with E-state index in [1.165, 1.54) is 5.47 Å². The van der Waals surface area contributed by atoms with E-state index in [4.69, 9.17) is 9.39 Å². The van der Waals surface area contributed by atoms with Crippen molar-refractivity contribution in [1.82, 2.24) is 4.90 Å². The summed E-state index contributed by atoms with van der Waals surface area (Å²) in [5.74, 6) is 0. The maximum atomic E-state index is 12.3. The summed E-state index contributed by atoms with van der Waals surface area (Å²) >= 11 is 0. The molecule has 1 aliphatic heterocycles. The number of hydrogen-bond acceptors (Lipinski definition) is 4. The van der Waals surface area contributed by atoms with Crippen molar-refractivity contribution in [2.75, 3.05) is 13.1 Å². The van der Waals surface area contributed by atoms with Crippen molar-refractivity contribution in [3.63, 3.8) is 0 Å². The Morgan fingerprint density at radius 2 is 1.69 bits per heavy atom. The minimum atomic E-state index is -0.935. The van der Waals surface area contributed by atoms with E-state index in [1.807, 2.05) is 47.0 Å². The predicted molar refractivity (Wildman–Crippen MR) is 104 cm³/mol. The molecule has 147 valence electrons. The van der Waals surface area contributed by atoms with Gasteiger partial charge in [0.1, 0.15) is 5.60 Å². The third-order valence-electron chi connectivity index (χ3n) is 5.93. The lowest BCUT2D eigenvalue weighted by Crippen LogP contribution is -2.49. The quantitative estimate of drug-likeness (QED) is 0.770. The van der Waals surface area contributed by atoms with E-state index in [0.717, 1.165) is 25.7 Å². The highest BCUT2D eigenvalue weighted by Crippen LogP contribution is 2.47. The third-order valence-corrected chi connectivity index (χ3v) is 5.93. The Kier molecular flexibility index (Phi) is 5.89. The topological polar surface area (TPSA) is 59.0 Å². The van der Waals surface area contributed by atoms with Crippen LogP contribution >= 0.6 is 0 Å². The van der Waals surface area contributed by atoms with Crippen molar-refractivity contribution in [3.8, 4) is 0 Å². The average Bonchev–Trinajstić information content (AvgIpc) is 2.85. The number of amides is 1. The van der Waals surface area contributed by atoms with Crippen LogP contribution < -0.4 is 0 Å². The Morgan fingerprint density at radius 3 is 2.19 bits per heavy atom. The fourth-order valence-electron chi connectivity index (χ4n) is 3.38. The van der Waals surface area contributed by atoms with Gasteiger partial charge in [0.25, 0.3) is 0 Å². The second kappa shape index (κ2) is 7.19. The maximum absolute atomic E-state index is 12.3. The summed E-state index contributed by atoms with van der Waals surface area (Å²) in [6.45, 7) is 14.4. The van der Waals surface area contributed by atoms with Crippen LogP contribution in [0.25, 0.3) is 0 Å². The SMILES string of the molecule is CC(C)(C)OC(=O)N1CCC2(CCC=C2[B]OC(C)(C)C(C)(C)O)CC1. The van der Waals surface area contributed by atoms with Gasteiger partial charge in [-0.25, -0.2) is 4.79 Å². The van der Waals surface area contributed by atoms with Gasteiger partial charge in [-0.15, -0.1) is 0 Å². The van der Waals surface area contributed by atoms with Crippen molar-refractivity contribution in [2.45, 2.75) is 91.0 Å². The van der Waals surface area contributed by atoms with Crippen LogP contribution in [0.2, 0.25) is 0 Å². The normalized spacial score (nSPS) is 20.9. The number of allylic oxidation sites excluding steroid dienone is 2. The van der Waals surface area contributed by atoms with Gasteiger partial charge in [-0.2, -0.15) is 0 Å². The number of ether oxygens (including phenoxy) is 1. The first-order chi connectivity index (χ1) is 11.8. The number of carbonyl (C=O) groups excluding carboxylic acids is 1. The molecule has 0 aromatic heterocycles. The summed E-state index contributed by atoms with van der Waals surface area (Å²) in [7, 11) is 1.84. The zero-order chi connectivity index (χ0) is 19.8. The Morgan fingerprint density at radius 1 is 1.12 bits per heavy atom. The molecule has 26 heavy (non-hydrogen) atoms. The van der Waals surface area contributed by atoms with Gasteiger partial charge in [0.2, 0.25) is 0 Å². The molecule has 0 aromatic rings. The number of carbonyl (C=O) groups is 1. The van der Waals surface area contributed by atoms with Gasteiger partial charge < -0.3 is 19.4 Å². The van der Waals surface area contributed by atoms with E-state index >= 15 is 0 Å². The smallest absolute Gasteiger partial charge is 0.410 e. The summed E-state index contributed by atoms with van der Waals surface area (Å²) < 4.78 is 11.5. The molecule has 1 heterocycles. The molecule has 1 fully saturated rings. The Balaban J connectivity index is 1.95. The average molecular weight is 364 g/mol. The van der Waals surface area contributed by atoms with Crippen molar-refractivity contribution in [1.29, 1.82) is 0 Å². The van der Waals surface area contributed by atoms with Crippen LogP contribution in [0, 0.1) is 5.41 Å². The van der Waals surface area contributed by atoms with Crippen LogP contribution in [0.3, 0.4) is 0 Å². The predicted octanol–water partition coefficient (Wildman–Crippen LogP) is 3.87. The molecular weight excluding hydrogens is 329 g/mol. The molecule has 5 nitrogen and oxygen atoms in total. The molecule has 1 N–H and O–H groups in total. The van der Waals surface area contributed by atoms with Gasteiger partial charge in [0, 0.05) is 13.1 Å². The largest absolute Gasteiger partial charge is 0.444 e. The molecule has 6 heteroatoms. The third kappa shape index (κ3) is 4.83. The summed E-state index contributed by atoms with van der Waals surface area (Å²) in [5, 5.41) is 10.3. The van der Waals surface area contributed by atoms with Gasteiger partial charge in [0.15, 0.2) is 0 Å². The van der Waals surface area contributed by atoms with Crippen molar-refractivity contribution in [3.05, 3.63) is 11.5 Å². The van der Waals surface area contributed by atoms with Crippen LogP contribution in [-0.4, -0.2) is 53.5 Å². The first-order valence-corrected chi connectivity index (χ1v) is 9.68. The minimum absolute atomic E-state index is 0.0776. The van der Waals surface area contributed by atoms with E-state index in [0.29, 0.717) is 13.1 Å². The molecule has 1 amide bonds. The highest BCUT2D eigenvalue weighted by atomic mass is 16.6. The molecule has 2 aliphatic rings. The zero-order valence-electron chi connectivity index (χ0n) is 17.5. The second-order valence-electron chi connectivity index (χ2n) is 9.75. The summed E-state index contributed by atoms with van der Waals surface area (Å²) in [6.07, 6.45) is 5.97. The van der Waals surface area contributed by atoms with E-state index < -0.39 is 16.8 Å². The number of nitrogens with zero attached hydrogens (tertiary/aromatic N) is 1. The first-order valence-electron chi connectivity index (χ1n) is 9.68. The van der Waals surface area contributed by atoms with Crippen LogP contribution in [0.1, 0.15) is 74.1 Å². The van der Waals surface area contributed by atoms with E-state index in [2.05, 4.69) is 6.08 Å². The minimum Gasteiger partial charge on any atom is -0.444 e. The first kappa shape index (κ1) is 21.3. The standard InChI is InChI=1S/C20H35BNO4/c1-17(2,3)25-16(23)22-13-11-20(12-14-22)10-8-9-15(20)21-26-19(6,7)18(4,5)24/h9,24H,8,10-14H2,1-7H3. The lowest BCUT2D eigenvalue weighted by molar-refractivity contribution is -0.0901. The van der Waals surface area contributed by atoms with E-state index in [1.54, 1.807) is 13.8 Å². The highest BCUT2D eigenvalue weighted by molar-refractivity contribution is 6.38.